The Labute approximate surface area is 136 Å². The lowest BCUT2D eigenvalue weighted by molar-refractivity contribution is 0.520. The number of aryl methyl sites for hydroxylation is 2. The number of benzene rings is 1. The van der Waals surface area contributed by atoms with Gasteiger partial charge in [-0.2, -0.15) is 0 Å². The van der Waals surface area contributed by atoms with Crippen LogP contribution in [0.1, 0.15) is 29.8 Å². The summed E-state index contributed by atoms with van der Waals surface area (Å²) in [4.78, 5) is 0. The van der Waals surface area contributed by atoms with E-state index in [0.29, 0.717) is 12.1 Å². The lowest BCUT2D eigenvalue weighted by Gasteiger charge is -2.14. The van der Waals surface area contributed by atoms with Gasteiger partial charge in [-0.1, -0.05) is 11.3 Å². The number of rotatable bonds is 6. The monoisotopic (exact) mass is 340 g/mol. The van der Waals surface area contributed by atoms with Gasteiger partial charge in [-0.05, 0) is 37.1 Å². The van der Waals surface area contributed by atoms with E-state index in [2.05, 4.69) is 10.3 Å². The molecule has 0 saturated carbocycles. The minimum Gasteiger partial charge on any atom is -0.245 e. The zero-order valence-corrected chi connectivity index (χ0v) is 14.5. The zero-order valence-electron chi connectivity index (χ0n) is 13.7. The fraction of sp³-hybridized carbons (Fsp3) is 0.467. The summed E-state index contributed by atoms with van der Waals surface area (Å²) in [5, 5.41) is 8.09. The Bertz CT molecular complexity index is 787. The Morgan fingerprint density at radius 1 is 1.35 bits per heavy atom. The van der Waals surface area contributed by atoms with Gasteiger partial charge in [0.15, 0.2) is 0 Å². The summed E-state index contributed by atoms with van der Waals surface area (Å²) in [6.45, 7) is 3.78. The molecule has 0 saturated heterocycles. The fourth-order valence-corrected chi connectivity index (χ4v) is 3.12. The zero-order chi connectivity index (χ0) is 17.2. The summed E-state index contributed by atoms with van der Waals surface area (Å²) in [5.41, 5.74) is 2.40. The van der Waals surface area contributed by atoms with Gasteiger partial charge in [0, 0.05) is 26.7 Å². The number of aromatic nitrogens is 3. The predicted octanol–water partition coefficient (Wildman–Crippen LogP) is 1.77. The summed E-state index contributed by atoms with van der Waals surface area (Å²) in [7, 11) is -0.245. The second-order valence-corrected chi connectivity index (χ2v) is 8.02. The van der Waals surface area contributed by atoms with Crippen LogP contribution in [0.4, 0.5) is 4.39 Å². The molecule has 126 valence electrons. The van der Waals surface area contributed by atoms with Crippen molar-refractivity contribution < 1.29 is 12.8 Å². The minimum absolute atomic E-state index is 0.0113. The molecule has 1 heterocycles. The molecule has 0 aliphatic rings. The van der Waals surface area contributed by atoms with Gasteiger partial charge in [-0.25, -0.2) is 21.8 Å². The molecular formula is C15H21FN4O2S. The number of nitrogens with zero attached hydrogens (tertiary/aromatic N) is 4. The van der Waals surface area contributed by atoms with E-state index in [4.69, 9.17) is 0 Å². The Morgan fingerprint density at radius 3 is 2.65 bits per heavy atom. The first-order valence-electron chi connectivity index (χ1n) is 7.27. The molecule has 0 amide bonds. The fourth-order valence-electron chi connectivity index (χ4n) is 2.28. The standard InChI is InChI=1S/C15H21FN4O2S/c1-11-9-13(16)5-6-15(11)12(2)20-10-14(17-18-20)7-8-23(21,22)19(3)4/h5-6,9-10,12H,7-8H2,1-4H3/t12-/m0/s1. The van der Waals surface area contributed by atoms with Crippen molar-refractivity contribution in [3.63, 3.8) is 0 Å². The topological polar surface area (TPSA) is 68.1 Å². The smallest absolute Gasteiger partial charge is 0.213 e. The SMILES string of the molecule is Cc1cc(F)ccc1[C@H](C)n1cc(CCS(=O)(=O)N(C)C)nn1. The minimum atomic E-state index is -3.26. The molecule has 0 unspecified atom stereocenters. The van der Waals surface area contributed by atoms with E-state index in [0.717, 1.165) is 11.1 Å². The molecule has 0 N–H and O–H groups in total. The van der Waals surface area contributed by atoms with Crippen molar-refractivity contribution in [3.8, 4) is 0 Å². The van der Waals surface area contributed by atoms with Crippen LogP contribution in [0, 0.1) is 12.7 Å². The van der Waals surface area contributed by atoms with E-state index in [1.807, 2.05) is 13.8 Å². The largest absolute Gasteiger partial charge is 0.245 e. The van der Waals surface area contributed by atoms with Crippen molar-refractivity contribution >= 4 is 10.0 Å². The molecule has 2 aromatic rings. The number of sulfonamides is 1. The molecule has 0 bridgehead atoms. The van der Waals surface area contributed by atoms with Crippen LogP contribution in [0.3, 0.4) is 0 Å². The first-order valence-corrected chi connectivity index (χ1v) is 8.88. The lowest BCUT2D eigenvalue weighted by atomic mass is 10.0. The van der Waals surface area contributed by atoms with Gasteiger partial charge in [0.1, 0.15) is 5.82 Å². The van der Waals surface area contributed by atoms with Crippen molar-refractivity contribution in [3.05, 3.63) is 47.0 Å². The van der Waals surface area contributed by atoms with Gasteiger partial charge in [0.2, 0.25) is 10.0 Å². The Balaban J connectivity index is 2.12. The average Bonchev–Trinajstić information content (AvgIpc) is 2.93. The van der Waals surface area contributed by atoms with Crippen LogP contribution in [0.15, 0.2) is 24.4 Å². The third-order valence-electron chi connectivity index (χ3n) is 3.81. The van der Waals surface area contributed by atoms with Crippen LogP contribution in [-0.4, -0.2) is 47.6 Å². The predicted molar refractivity (Wildman–Crippen MR) is 86.1 cm³/mol. The Morgan fingerprint density at radius 2 is 2.04 bits per heavy atom. The van der Waals surface area contributed by atoms with Gasteiger partial charge in [-0.15, -0.1) is 5.10 Å². The van der Waals surface area contributed by atoms with Crippen LogP contribution >= 0.6 is 0 Å². The van der Waals surface area contributed by atoms with Gasteiger partial charge < -0.3 is 0 Å². The van der Waals surface area contributed by atoms with Crippen LogP contribution in [0.2, 0.25) is 0 Å². The Kier molecular flexibility index (Phi) is 5.16. The molecule has 23 heavy (non-hydrogen) atoms. The normalized spacial score (nSPS) is 13.5. The highest BCUT2D eigenvalue weighted by atomic mass is 32.2. The molecule has 0 fully saturated rings. The molecule has 1 aromatic heterocycles. The summed E-state index contributed by atoms with van der Waals surface area (Å²) >= 11 is 0. The number of halogens is 1. The molecule has 8 heteroatoms. The molecule has 0 aliphatic heterocycles. The van der Waals surface area contributed by atoms with Crippen molar-refractivity contribution in [1.82, 2.24) is 19.3 Å². The second kappa shape index (κ2) is 6.76. The third-order valence-corrected chi connectivity index (χ3v) is 5.64. The van der Waals surface area contributed by atoms with Crippen LogP contribution in [0.25, 0.3) is 0 Å². The number of hydrogen-bond donors (Lipinski definition) is 0. The van der Waals surface area contributed by atoms with Crippen LogP contribution < -0.4 is 0 Å². The van der Waals surface area contributed by atoms with E-state index >= 15 is 0 Å². The molecule has 1 atom stereocenters. The molecule has 1 aromatic carbocycles. The van der Waals surface area contributed by atoms with Crippen molar-refractivity contribution in [1.29, 1.82) is 0 Å². The van der Waals surface area contributed by atoms with Crippen LogP contribution in [0.5, 0.6) is 0 Å². The average molecular weight is 340 g/mol. The van der Waals surface area contributed by atoms with E-state index < -0.39 is 10.0 Å². The van der Waals surface area contributed by atoms with E-state index in [-0.39, 0.29) is 17.6 Å². The van der Waals surface area contributed by atoms with Gasteiger partial charge in [-0.3, -0.25) is 0 Å². The van der Waals surface area contributed by atoms with Crippen molar-refractivity contribution in [2.24, 2.45) is 0 Å². The molecule has 0 spiro atoms. The highest BCUT2D eigenvalue weighted by Crippen LogP contribution is 2.21. The quantitative estimate of drug-likeness (QED) is 0.804. The molecule has 0 radical (unpaired) electrons. The van der Waals surface area contributed by atoms with Gasteiger partial charge in [0.05, 0.1) is 17.5 Å². The van der Waals surface area contributed by atoms with Gasteiger partial charge in [0.25, 0.3) is 0 Å². The van der Waals surface area contributed by atoms with E-state index in [1.54, 1.807) is 16.9 Å². The maximum absolute atomic E-state index is 13.2. The summed E-state index contributed by atoms with van der Waals surface area (Å²) in [6, 6.07) is 4.52. The van der Waals surface area contributed by atoms with Crippen LogP contribution in [-0.2, 0) is 16.4 Å². The first-order chi connectivity index (χ1) is 10.7. The second-order valence-electron chi connectivity index (χ2n) is 5.72. The lowest BCUT2D eigenvalue weighted by Crippen LogP contribution is -2.26. The van der Waals surface area contributed by atoms with Gasteiger partial charge >= 0.3 is 0 Å². The summed E-state index contributed by atoms with van der Waals surface area (Å²) < 4.78 is 39.6. The maximum atomic E-state index is 13.2. The summed E-state index contributed by atoms with van der Waals surface area (Å²) in [6.07, 6.45) is 2.04. The van der Waals surface area contributed by atoms with Crippen molar-refractivity contribution in [2.45, 2.75) is 26.3 Å². The third kappa shape index (κ3) is 4.14. The first kappa shape index (κ1) is 17.6. The summed E-state index contributed by atoms with van der Waals surface area (Å²) in [5.74, 6) is -0.283. The number of hydrogen-bond acceptors (Lipinski definition) is 4. The molecule has 6 nitrogen and oxygen atoms in total. The molecule has 0 aliphatic carbocycles. The molecular weight excluding hydrogens is 319 g/mol. The molecule has 2 rings (SSSR count). The highest BCUT2D eigenvalue weighted by molar-refractivity contribution is 7.89. The van der Waals surface area contributed by atoms with E-state index in [1.165, 1.54) is 30.5 Å². The highest BCUT2D eigenvalue weighted by Gasteiger charge is 2.17. The van der Waals surface area contributed by atoms with Crippen molar-refractivity contribution in [2.75, 3.05) is 19.8 Å². The van der Waals surface area contributed by atoms with E-state index in [9.17, 15) is 12.8 Å². The maximum Gasteiger partial charge on any atom is 0.213 e. The Hall–Kier alpha value is -1.80.